The Bertz CT molecular complexity index is 497. The summed E-state index contributed by atoms with van der Waals surface area (Å²) in [6, 6.07) is 4.60. The number of alkyl carbamates (subject to hydrolysis) is 1. The number of thioether (sulfide) groups is 1. The van der Waals surface area contributed by atoms with Crippen molar-refractivity contribution in [1.82, 2.24) is 5.32 Å². The average Bonchev–Trinajstić information content (AvgIpc) is 2.51. The fourth-order valence-corrected chi connectivity index (χ4v) is 1.94. The van der Waals surface area contributed by atoms with Gasteiger partial charge >= 0.3 is 12.3 Å². The summed E-state index contributed by atoms with van der Waals surface area (Å²) in [6.07, 6.45) is -3.09. The van der Waals surface area contributed by atoms with Crippen LogP contribution in [0.4, 0.5) is 18.0 Å². The highest BCUT2D eigenvalue weighted by molar-refractivity contribution is 7.98. The lowest BCUT2D eigenvalue weighted by Gasteiger charge is -2.18. The average molecular weight is 351 g/mol. The number of rotatable bonds is 8. The van der Waals surface area contributed by atoms with Crippen LogP contribution >= 0.6 is 11.8 Å². The lowest BCUT2D eigenvalue weighted by atomic mass is 10.2. The zero-order chi connectivity index (χ0) is 17.3. The zero-order valence-corrected chi connectivity index (χ0v) is 13.8. The molecule has 1 aromatic carbocycles. The molecule has 0 radical (unpaired) electrons. The van der Waals surface area contributed by atoms with E-state index in [1.54, 1.807) is 18.7 Å². The quantitative estimate of drug-likeness (QED) is 0.721. The summed E-state index contributed by atoms with van der Waals surface area (Å²) in [5.74, 6) is 0.858. The van der Waals surface area contributed by atoms with E-state index in [0.717, 1.165) is 17.9 Å². The van der Waals surface area contributed by atoms with Gasteiger partial charge in [0, 0.05) is 12.3 Å². The van der Waals surface area contributed by atoms with Crippen molar-refractivity contribution in [3.63, 3.8) is 0 Å². The molecule has 0 aliphatic heterocycles. The Morgan fingerprint density at radius 2 is 2.13 bits per heavy atom. The Kier molecular flexibility index (Phi) is 8.08. The predicted octanol–water partition coefficient (Wildman–Crippen LogP) is 3.95. The van der Waals surface area contributed by atoms with E-state index in [2.05, 4.69) is 5.32 Å². The fraction of sp³-hybridized carbons (Fsp3) is 0.533. The lowest BCUT2D eigenvalue weighted by Crippen LogP contribution is -2.33. The normalized spacial score (nSPS) is 12.6. The van der Waals surface area contributed by atoms with Gasteiger partial charge in [0.2, 0.25) is 0 Å². The van der Waals surface area contributed by atoms with Crippen LogP contribution in [0.15, 0.2) is 24.3 Å². The van der Waals surface area contributed by atoms with E-state index in [9.17, 15) is 18.0 Å². The van der Waals surface area contributed by atoms with Gasteiger partial charge in [-0.2, -0.15) is 24.9 Å². The third kappa shape index (κ3) is 7.49. The fourth-order valence-electron chi connectivity index (χ4n) is 1.63. The Morgan fingerprint density at radius 1 is 1.39 bits per heavy atom. The van der Waals surface area contributed by atoms with Gasteiger partial charge in [0.1, 0.15) is 18.5 Å². The van der Waals surface area contributed by atoms with Gasteiger partial charge in [-0.1, -0.05) is 13.0 Å². The topological polar surface area (TPSA) is 47.6 Å². The Balaban J connectivity index is 2.49. The van der Waals surface area contributed by atoms with E-state index in [1.165, 1.54) is 12.1 Å². The number of halogens is 3. The number of ether oxygens (including phenoxy) is 2. The Hall–Kier alpha value is -1.57. The number of hydrogen-bond acceptors (Lipinski definition) is 4. The molecule has 1 amide bonds. The first kappa shape index (κ1) is 19.5. The van der Waals surface area contributed by atoms with Crippen molar-refractivity contribution in [2.75, 3.05) is 25.2 Å². The van der Waals surface area contributed by atoms with Crippen molar-refractivity contribution < 1.29 is 27.4 Å². The summed E-state index contributed by atoms with van der Waals surface area (Å²) in [4.78, 5) is 11.5. The summed E-state index contributed by atoms with van der Waals surface area (Å²) in [5, 5.41) is 2.59. The molecule has 0 fully saturated rings. The van der Waals surface area contributed by atoms with E-state index in [4.69, 9.17) is 9.47 Å². The summed E-state index contributed by atoms with van der Waals surface area (Å²) in [6.45, 7) is 2.29. The molecule has 1 atom stereocenters. The van der Waals surface area contributed by atoms with Crippen LogP contribution in [0.2, 0.25) is 0 Å². The minimum absolute atomic E-state index is 0.00619. The highest BCUT2D eigenvalue weighted by atomic mass is 32.2. The molecule has 1 aromatic rings. The number of carbonyl (C=O) groups is 1. The largest absolute Gasteiger partial charge is 0.490 e. The third-order valence-electron chi connectivity index (χ3n) is 2.90. The first-order valence-electron chi connectivity index (χ1n) is 7.10. The van der Waals surface area contributed by atoms with E-state index in [-0.39, 0.29) is 12.4 Å². The van der Waals surface area contributed by atoms with Gasteiger partial charge < -0.3 is 14.8 Å². The third-order valence-corrected chi connectivity index (χ3v) is 3.51. The molecular weight excluding hydrogens is 331 g/mol. The van der Waals surface area contributed by atoms with E-state index in [0.29, 0.717) is 13.0 Å². The van der Waals surface area contributed by atoms with E-state index < -0.39 is 23.9 Å². The highest BCUT2D eigenvalue weighted by Crippen LogP contribution is 2.31. The molecule has 0 aliphatic carbocycles. The van der Waals surface area contributed by atoms with Gasteiger partial charge in [0.25, 0.3) is 0 Å². The summed E-state index contributed by atoms with van der Waals surface area (Å²) >= 11 is 1.59. The number of hydrogen-bond donors (Lipinski definition) is 1. The SMILES string of the molecule is CCC(COc1cccc(C(F)(F)F)c1)OC(=O)NCCSC. The van der Waals surface area contributed by atoms with Crippen molar-refractivity contribution in [1.29, 1.82) is 0 Å². The summed E-state index contributed by atoms with van der Waals surface area (Å²) in [5.41, 5.74) is -0.779. The summed E-state index contributed by atoms with van der Waals surface area (Å²) in [7, 11) is 0. The van der Waals surface area contributed by atoms with Gasteiger partial charge in [-0.3, -0.25) is 0 Å². The molecule has 0 heterocycles. The van der Waals surface area contributed by atoms with Crippen LogP contribution < -0.4 is 10.1 Å². The first-order chi connectivity index (χ1) is 10.9. The van der Waals surface area contributed by atoms with E-state index >= 15 is 0 Å². The highest BCUT2D eigenvalue weighted by Gasteiger charge is 2.30. The standard InChI is InChI=1S/C15H20F3NO3S/c1-3-12(22-14(20)19-7-8-23-2)10-21-13-6-4-5-11(9-13)15(16,17)18/h4-6,9,12H,3,7-8,10H2,1-2H3,(H,19,20). The van der Waals surface area contributed by atoms with Crippen molar-refractivity contribution in [2.45, 2.75) is 25.6 Å². The van der Waals surface area contributed by atoms with Crippen molar-refractivity contribution in [3.8, 4) is 5.75 Å². The van der Waals surface area contributed by atoms with Crippen LogP contribution in [-0.4, -0.2) is 37.4 Å². The van der Waals surface area contributed by atoms with E-state index in [1.807, 2.05) is 6.26 Å². The molecule has 4 nitrogen and oxygen atoms in total. The molecule has 0 aromatic heterocycles. The molecular formula is C15H20F3NO3S. The second-order valence-electron chi connectivity index (χ2n) is 4.69. The zero-order valence-electron chi connectivity index (χ0n) is 13.0. The molecule has 0 saturated carbocycles. The Morgan fingerprint density at radius 3 is 2.74 bits per heavy atom. The number of amides is 1. The molecule has 0 spiro atoms. The van der Waals surface area contributed by atoms with Crippen LogP contribution in [0.1, 0.15) is 18.9 Å². The molecule has 1 unspecified atom stereocenters. The number of carbonyl (C=O) groups excluding carboxylic acids is 1. The molecule has 130 valence electrons. The second-order valence-corrected chi connectivity index (χ2v) is 5.68. The first-order valence-corrected chi connectivity index (χ1v) is 8.49. The minimum Gasteiger partial charge on any atom is -0.490 e. The molecule has 0 bridgehead atoms. The van der Waals surface area contributed by atoms with Gasteiger partial charge in [0.05, 0.1) is 5.56 Å². The van der Waals surface area contributed by atoms with Gasteiger partial charge in [-0.25, -0.2) is 4.79 Å². The maximum Gasteiger partial charge on any atom is 0.416 e. The van der Waals surface area contributed by atoms with Crippen LogP contribution in [0, 0.1) is 0 Å². The lowest BCUT2D eigenvalue weighted by molar-refractivity contribution is -0.137. The molecule has 1 N–H and O–H groups in total. The van der Waals surface area contributed by atoms with Gasteiger partial charge in [0.15, 0.2) is 0 Å². The summed E-state index contributed by atoms with van der Waals surface area (Å²) < 4.78 is 48.3. The van der Waals surface area contributed by atoms with Crippen LogP contribution in [0.3, 0.4) is 0 Å². The van der Waals surface area contributed by atoms with Crippen LogP contribution in [0.25, 0.3) is 0 Å². The van der Waals surface area contributed by atoms with Crippen LogP contribution in [-0.2, 0) is 10.9 Å². The van der Waals surface area contributed by atoms with Gasteiger partial charge in [-0.05, 0) is 30.9 Å². The molecule has 1 rings (SSSR count). The van der Waals surface area contributed by atoms with Crippen molar-refractivity contribution in [3.05, 3.63) is 29.8 Å². The van der Waals surface area contributed by atoms with Gasteiger partial charge in [-0.15, -0.1) is 0 Å². The maximum absolute atomic E-state index is 12.6. The number of alkyl halides is 3. The maximum atomic E-state index is 12.6. The minimum atomic E-state index is -4.42. The monoisotopic (exact) mass is 351 g/mol. The second kappa shape index (κ2) is 9.54. The smallest absolute Gasteiger partial charge is 0.416 e. The Labute approximate surface area is 137 Å². The molecule has 0 aliphatic rings. The molecule has 23 heavy (non-hydrogen) atoms. The van der Waals surface area contributed by atoms with Crippen molar-refractivity contribution >= 4 is 17.9 Å². The predicted molar refractivity (Wildman–Crippen MR) is 83.9 cm³/mol. The number of benzene rings is 1. The molecule has 0 saturated heterocycles. The number of nitrogens with one attached hydrogen (secondary N) is 1. The van der Waals surface area contributed by atoms with Crippen LogP contribution in [0.5, 0.6) is 5.75 Å². The van der Waals surface area contributed by atoms with Crippen molar-refractivity contribution in [2.24, 2.45) is 0 Å². The molecule has 8 heteroatoms.